The molecule has 2 heterocycles. The molecular formula is C19H20N2O3. The van der Waals surface area contributed by atoms with Crippen LogP contribution in [0.1, 0.15) is 16.1 Å². The van der Waals surface area contributed by atoms with Gasteiger partial charge in [-0.25, -0.2) is 0 Å². The molecule has 0 N–H and O–H groups in total. The Morgan fingerprint density at radius 1 is 1.00 bits per heavy atom. The maximum atomic E-state index is 12.2. The van der Waals surface area contributed by atoms with E-state index in [1.807, 2.05) is 41.3 Å². The van der Waals surface area contributed by atoms with Crippen LogP contribution < -0.4 is 0 Å². The number of furan rings is 1. The summed E-state index contributed by atoms with van der Waals surface area (Å²) in [5.41, 5.74) is 1.01. The summed E-state index contributed by atoms with van der Waals surface area (Å²) in [4.78, 5) is 28.1. The Balaban J connectivity index is 1.47. The molecule has 1 aromatic carbocycles. The van der Waals surface area contributed by atoms with E-state index in [0.717, 1.165) is 5.56 Å². The van der Waals surface area contributed by atoms with Crippen molar-refractivity contribution in [3.8, 4) is 0 Å². The van der Waals surface area contributed by atoms with Crippen LogP contribution in [0.2, 0.25) is 0 Å². The Labute approximate surface area is 141 Å². The molecule has 5 heteroatoms. The third-order valence-electron chi connectivity index (χ3n) is 4.07. The van der Waals surface area contributed by atoms with Crippen molar-refractivity contribution >= 4 is 17.8 Å². The third-order valence-corrected chi connectivity index (χ3v) is 4.07. The Morgan fingerprint density at radius 3 is 2.42 bits per heavy atom. The molecule has 0 unspecified atom stereocenters. The Bertz CT molecular complexity index is 699. The summed E-state index contributed by atoms with van der Waals surface area (Å²) in [5, 5.41) is 0. The first-order valence-electron chi connectivity index (χ1n) is 8.03. The molecule has 1 amide bonds. The van der Waals surface area contributed by atoms with Gasteiger partial charge in [-0.2, -0.15) is 0 Å². The molecule has 0 saturated carbocycles. The van der Waals surface area contributed by atoms with Gasteiger partial charge in [-0.1, -0.05) is 30.3 Å². The number of nitrogens with zero attached hydrogens (tertiary/aromatic N) is 2. The predicted octanol–water partition coefficient (Wildman–Crippen LogP) is 2.32. The average molecular weight is 324 g/mol. The summed E-state index contributed by atoms with van der Waals surface area (Å²) in [6.07, 6.45) is 4.94. The lowest BCUT2D eigenvalue weighted by molar-refractivity contribution is -0.127. The van der Waals surface area contributed by atoms with Crippen molar-refractivity contribution in [1.82, 2.24) is 9.80 Å². The third kappa shape index (κ3) is 4.20. The van der Waals surface area contributed by atoms with Crippen LogP contribution in [0, 0.1) is 0 Å². The van der Waals surface area contributed by atoms with E-state index in [0.29, 0.717) is 38.5 Å². The van der Waals surface area contributed by atoms with Crippen molar-refractivity contribution in [1.29, 1.82) is 0 Å². The number of piperazine rings is 1. The second kappa shape index (κ2) is 7.75. The van der Waals surface area contributed by atoms with E-state index in [1.165, 1.54) is 6.26 Å². The van der Waals surface area contributed by atoms with Gasteiger partial charge < -0.3 is 9.32 Å². The molecule has 5 nitrogen and oxygen atoms in total. The minimum absolute atomic E-state index is 0.0101. The minimum atomic E-state index is -0.0243. The van der Waals surface area contributed by atoms with Gasteiger partial charge in [0.1, 0.15) is 0 Å². The van der Waals surface area contributed by atoms with Crippen LogP contribution >= 0.6 is 0 Å². The predicted molar refractivity (Wildman–Crippen MR) is 91.5 cm³/mol. The number of benzene rings is 1. The standard InChI is InChI=1S/C19H20N2O3/c22-17(18-7-4-14-24-18)15-20-10-12-21(13-11-20)19(23)9-8-16-5-2-1-3-6-16/h1-9,14H,10-13,15H2/b9-8+. The highest BCUT2D eigenvalue weighted by molar-refractivity contribution is 5.95. The van der Waals surface area contributed by atoms with Crippen molar-refractivity contribution in [3.63, 3.8) is 0 Å². The molecule has 1 aromatic heterocycles. The lowest BCUT2D eigenvalue weighted by atomic mass is 10.2. The fraction of sp³-hybridized carbons (Fsp3) is 0.263. The molecule has 2 aromatic rings. The largest absolute Gasteiger partial charge is 0.461 e. The summed E-state index contributed by atoms with van der Waals surface area (Å²) in [7, 11) is 0. The molecule has 0 spiro atoms. The monoisotopic (exact) mass is 324 g/mol. The molecule has 124 valence electrons. The highest BCUT2D eigenvalue weighted by Gasteiger charge is 2.22. The molecule has 0 atom stereocenters. The fourth-order valence-electron chi connectivity index (χ4n) is 2.68. The molecule has 1 saturated heterocycles. The summed E-state index contributed by atoms with van der Waals surface area (Å²) in [6, 6.07) is 13.1. The second-order valence-corrected chi connectivity index (χ2v) is 5.75. The molecule has 0 bridgehead atoms. The van der Waals surface area contributed by atoms with Crippen molar-refractivity contribution in [2.45, 2.75) is 0 Å². The number of carbonyl (C=O) groups is 2. The number of hydrogen-bond acceptors (Lipinski definition) is 4. The first-order valence-corrected chi connectivity index (χ1v) is 8.03. The van der Waals surface area contributed by atoms with Crippen LogP contribution in [-0.4, -0.2) is 54.2 Å². The Kier molecular flexibility index (Phi) is 5.23. The Hall–Kier alpha value is -2.66. The zero-order chi connectivity index (χ0) is 16.8. The van der Waals surface area contributed by atoms with E-state index in [2.05, 4.69) is 4.90 Å². The van der Waals surface area contributed by atoms with Gasteiger partial charge in [-0.15, -0.1) is 0 Å². The van der Waals surface area contributed by atoms with Gasteiger partial charge in [0.05, 0.1) is 12.8 Å². The highest BCUT2D eigenvalue weighted by atomic mass is 16.3. The van der Waals surface area contributed by atoms with Gasteiger partial charge in [-0.05, 0) is 23.8 Å². The van der Waals surface area contributed by atoms with Gasteiger partial charge in [0, 0.05) is 32.3 Å². The quantitative estimate of drug-likeness (QED) is 0.626. The van der Waals surface area contributed by atoms with Crippen LogP contribution in [0.4, 0.5) is 0 Å². The van der Waals surface area contributed by atoms with Gasteiger partial charge in [0.2, 0.25) is 11.7 Å². The number of Topliss-reactive ketones (excluding diaryl/α,β-unsaturated/α-hetero) is 1. The highest BCUT2D eigenvalue weighted by Crippen LogP contribution is 2.08. The summed E-state index contributed by atoms with van der Waals surface area (Å²) < 4.78 is 5.12. The van der Waals surface area contributed by atoms with E-state index in [-0.39, 0.29) is 11.7 Å². The number of ketones is 1. The first kappa shape index (κ1) is 16.2. The zero-order valence-corrected chi connectivity index (χ0v) is 13.4. The van der Waals surface area contributed by atoms with Gasteiger partial charge in [0.15, 0.2) is 5.76 Å². The molecule has 1 aliphatic heterocycles. The first-order chi connectivity index (χ1) is 11.7. The summed E-state index contributed by atoms with van der Waals surface area (Å²) >= 11 is 0. The van der Waals surface area contributed by atoms with E-state index in [4.69, 9.17) is 4.42 Å². The van der Waals surface area contributed by atoms with Gasteiger partial charge in [-0.3, -0.25) is 14.5 Å². The van der Waals surface area contributed by atoms with Crippen LogP contribution in [0.3, 0.4) is 0 Å². The van der Waals surface area contributed by atoms with Crippen LogP contribution in [0.5, 0.6) is 0 Å². The van der Waals surface area contributed by atoms with Gasteiger partial charge in [0.25, 0.3) is 0 Å². The number of hydrogen-bond donors (Lipinski definition) is 0. The maximum Gasteiger partial charge on any atom is 0.246 e. The molecule has 1 aliphatic rings. The van der Waals surface area contributed by atoms with Crippen molar-refractivity contribution in [2.24, 2.45) is 0 Å². The summed E-state index contributed by atoms with van der Waals surface area (Å²) in [6.45, 7) is 2.97. The second-order valence-electron chi connectivity index (χ2n) is 5.75. The van der Waals surface area contributed by atoms with Gasteiger partial charge >= 0.3 is 0 Å². The lowest BCUT2D eigenvalue weighted by Crippen LogP contribution is -2.49. The van der Waals surface area contributed by atoms with E-state index < -0.39 is 0 Å². The van der Waals surface area contributed by atoms with Crippen molar-refractivity contribution < 1.29 is 14.0 Å². The van der Waals surface area contributed by atoms with Crippen molar-refractivity contribution in [2.75, 3.05) is 32.7 Å². The van der Waals surface area contributed by atoms with Crippen molar-refractivity contribution in [3.05, 3.63) is 66.1 Å². The number of amides is 1. The fourth-order valence-corrected chi connectivity index (χ4v) is 2.68. The molecule has 1 fully saturated rings. The zero-order valence-electron chi connectivity index (χ0n) is 13.4. The van der Waals surface area contributed by atoms with E-state index >= 15 is 0 Å². The van der Waals surface area contributed by atoms with Crippen LogP contribution in [0.15, 0.2) is 59.2 Å². The van der Waals surface area contributed by atoms with E-state index in [1.54, 1.807) is 18.2 Å². The molecule has 0 aliphatic carbocycles. The average Bonchev–Trinajstić information content (AvgIpc) is 3.16. The lowest BCUT2D eigenvalue weighted by Gasteiger charge is -2.33. The summed E-state index contributed by atoms with van der Waals surface area (Å²) in [5.74, 6) is 0.374. The smallest absolute Gasteiger partial charge is 0.246 e. The SMILES string of the molecule is O=C(CN1CCN(C(=O)/C=C/c2ccccc2)CC1)c1ccco1. The Morgan fingerprint density at radius 2 is 1.75 bits per heavy atom. The van der Waals surface area contributed by atoms with Crippen LogP contribution in [0.25, 0.3) is 6.08 Å². The number of carbonyl (C=O) groups excluding carboxylic acids is 2. The maximum absolute atomic E-state index is 12.2. The van der Waals surface area contributed by atoms with E-state index in [9.17, 15) is 9.59 Å². The minimum Gasteiger partial charge on any atom is -0.461 e. The molecule has 3 rings (SSSR count). The van der Waals surface area contributed by atoms with Crippen LogP contribution in [-0.2, 0) is 4.79 Å². The topological polar surface area (TPSA) is 53.8 Å². The number of rotatable bonds is 5. The molecule has 24 heavy (non-hydrogen) atoms. The molecular weight excluding hydrogens is 304 g/mol. The molecule has 0 radical (unpaired) electrons. The normalized spacial score (nSPS) is 15.8.